The fraction of sp³-hybridized carbons (Fsp3) is 0.421. The first kappa shape index (κ1) is 18.1. The van der Waals surface area contributed by atoms with Gasteiger partial charge in [-0.2, -0.15) is 5.10 Å². The molecule has 2 N–H and O–H groups in total. The van der Waals surface area contributed by atoms with Crippen LogP contribution in [0.25, 0.3) is 0 Å². The standard InChI is InChI=1S/C19H21N5O4/c1-28-18-11(9-20-17(26)14-6-7-16(25)23-22-14)8-13-15(21-18)10-24(19(13)27)12-4-2-3-5-12/h6-8,12H,2-5,9-10H2,1H3,(H,20,26)(H,23,25). The molecule has 3 heterocycles. The number of ether oxygens (including phenoxy) is 1. The van der Waals surface area contributed by atoms with Gasteiger partial charge in [-0.25, -0.2) is 10.1 Å². The molecule has 2 amide bonds. The Morgan fingerprint density at radius 1 is 1.32 bits per heavy atom. The number of amides is 2. The van der Waals surface area contributed by atoms with E-state index in [2.05, 4.69) is 20.5 Å². The smallest absolute Gasteiger partial charge is 0.271 e. The van der Waals surface area contributed by atoms with Crippen LogP contribution < -0.4 is 15.6 Å². The zero-order chi connectivity index (χ0) is 19.7. The first-order valence-corrected chi connectivity index (χ1v) is 9.28. The average molecular weight is 383 g/mol. The minimum absolute atomic E-state index is 0.00747. The number of hydrogen-bond acceptors (Lipinski definition) is 6. The molecule has 0 saturated heterocycles. The molecule has 9 nitrogen and oxygen atoms in total. The molecule has 1 saturated carbocycles. The first-order chi connectivity index (χ1) is 13.6. The van der Waals surface area contributed by atoms with Gasteiger partial charge in [0.15, 0.2) is 0 Å². The largest absolute Gasteiger partial charge is 0.481 e. The summed E-state index contributed by atoms with van der Waals surface area (Å²) in [4.78, 5) is 42.5. The number of methoxy groups -OCH3 is 1. The molecule has 2 aromatic rings. The van der Waals surface area contributed by atoms with Crippen molar-refractivity contribution in [3.8, 4) is 5.88 Å². The number of nitrogens with zero attached hydrogens (tertiary/aromatic N) is 3. The normalized spacial score (nSPS) is 16.3. The van der Waals surface area contributed by atoms with Crippen molar-refractivity contribution < 1.29 is 14.3 Å². The summed E-state index contributed by atoms with van der Waals surface area (Å²) in [7, 11) is 1.51. The van der Waals surface area contributed by atoms with Crippen LogP contribution in [0.15, 0.2) is 23.0 Å². The molecule has 0 aromatic carbocycles. The summed E-state index contributed by atoms with van der Waals surface area (Å²) < 4.78 is 5.36. The zero-order valence-electron chi connectivity index (χ0n) is 15.5. The number of hydrogen-bond donors (Lipinski definition) is 2. The monoisotopic (exact) mass is 383 g/mol. The first-order valence-electron chi connectivity index (χ1n) is 9.28. The number of carbonyl (C=O) groups excluding carboxylic acids is 2. The van der Waals surface area contributed by atoms with E-state index in [1.807, 2.05) is 4.90 Å². The van der Waals surface area contributed by atoms with Gasteiger partial charge in [-0.1, -0.05) is 12.8 Å². The molecular formula is C19H21N5O4. The molecule has 2 aromatic heterocycles. The lowest BCUT2D eigenvalue weighted by atomic mass is 10.1. The van der Waals surface area contributed by atoms with Crippen LogP contribution in [0.4, 0.5) is 0 Å². The van der Waals surface area contributed by atoms with E-state index < -0.39 is 5.91 Å². The molecule has 0 spiro atoms. The Bertz CT molecular complexity index is 960. The summed E-state index contributed by atoms with van der Waals surface area (Å²) in [5.74, 6) is -0.0702. The summed E-state index contributed by atoms with van der Waals surface area (Å²) in [6.07, 6.45) is 4.37. The lowest BCUT2D eigenvalue weighted by Gasteiger charge is -2.22. The van der Waals surface area contributed by atoms with Crippen molar-refractivity contribution in [3.05, 3.63) is 51.1 Å². The summed E-state index contributed by atoms with van der Waals surface area (Å²) >= 11 is 0. The van der Waals surface area contributed by atoms with E-state index in [4.69, 9.17) is 4.74 Å². The van der Waals surface area contributed by atoms with Gasteiger partial charge in [0.05, 0.1) is 24.9 Å². The van der Waals surface area contributed by atoms with Gasteiger partial charge in [0, 0.05) is 24.2 Å². The number of aromatic nitrogens is 3. The minimum atomic E-state index is -0.447. The molecule has 28 heavy (non-hydrogen) atoms. The third-order valence-corrected chi connectivity index (χ3v) is 5.26. The molecule has 1 aliphatic carbocycles. The van der Waals surface area contributed by atoms with Crippen molar-refractivity contribution in [1.29, 1.82) is 0 Å². The third kappa shape index (κ3) is 3.35. The van der Waals surface area contributed by atoms with Crippen LogP contribution in [0.2, 0.25) is 0 Å². The highest BCUT2D eigenvalue weighted by Gasteiger charge is 2.35. The Hall–Kier alpha value is -3.23. The van der Waals surface area contributed by atoms with Crippen LogP contribution >= 0.6 is 0 Å². The highest BCUT2D eigenvalue weighted by molar-refractivity contribution is 5.98. The van der Waals surface area contributed by atoms with Gasteiger partial charge in [-0.3, -0.25) is 14.4 Å². The van der Waals surface area contributed by atoms with Gasteiger partial charge in [-0.15, -0.1) is 0 Å². The van der Waals surface area contributed by atoms with Crippen LogP contribution in [0.5, 0.6) is 5.88 Å². The topological polar surface area (TPSA) is 117 Å². The highest BCUT2D eigenvalue weighted by Crippen LogP contribution is 2.33. The molecule has 9 heteroatoms. The number of H-pyrrole nitrogens is 1. The second-order valence-electron chi connectivity index (χ2n) is 7.01. The van der Waals surface area contributed by atoms with E-state index in [1.54, 1.807) is 6.07 Å². The number of aromatic amines is 1. The fourth-order valence-corrected chi connectivity index (χ4v) is 3.82. The minimum Gasteiger partial charge on any atom is -0.481 e. The molecule has 4 rings (SSSR count). The Morgan fingerprint density at radius 2 is 2.11 bits per heavy atom. The van der Waals surface area contributed by atoms with Crippen molar-refractivity contribution in [2.24, 2.45) is 0 Å². The zero-order valence-corrected chi connectivity index (χ0v) is 15.5. The second kappa shape index (κ2) is 7.41. The van der Waals surface area contributed by atoms with Gasteiger partial charge >= 0.3 is 0 Å². The summed E-state index contributed by atoms with van der Waals surface area (Å²) in [6, 6.07) is 4.60. The summed E-state index contributed by atoms with van der Waals surface area (Å²) in [5, 5.41) is 8.63. The SMILES string of the molecule is COc1nc2c(cc1CNC(=O)c1ccc(=O)[nH]n1)C(=O)N(C1CCCC1)C2. The summed E-state index contributed by atoms with van der Waals surface area (Å²) in [5.41, 5.74) is 1.61. The lowest BCUT2D eigenvalue weighted by Crippen LogP contribution is -2.33. The quantitative estimate of drug-likeness (QED) is 0.795. The maximum absolute atomic E-state index is 12.8. The van der Waals surface area contributed by atoms with Crippen molar-refractivity contribution in [1.82, 2.24) is 25.4 Å². The van der Waals surface area contributed by atoms with Crippen molar-refractivity contribution in [2.75, 3.05) is 7.11 Å². The van der Waals surface area contributed by atoms with Crippen LogP contribution in [0, 0.1) is 0 Å². The number of pyridine rings is 1. The van der Waals surface area contributed by atoms with E-state index in [0.717, 1.165) is 25.7 Å². The molecule has 0 bridgehead atoms. The predicted molar refractivity (Wildman–Crippen MR) is 98.9 cm³/mol. The fourth-order valence-electron chi connectivity index (χ4n) is 3.82. The second-order valence-corrected chi connectivity index (χ2v) is 7.01. The van der Waals surface area contributed by atoms with Gasteiger partial charge in [0.2, 0.25) is 5.88 Å². The van der Waals surface area contributed by atoms with Gasteiger partial charge in [0.25, 0.3) is 17.4 Å². The molecule has 146 valence electrons. The number of carbonyl (C=O) groups is 2. The molecule has 1 aliphatic heterocycles. The van der Waals surface area contributed by atoms with Gasteiger partial charge in [0.1, 0.15) is 5.69 Å². The van der Waals surface area contributed by atoms with Gasteiger partial charge < -0.3 is 15.0 Å². The van der Waals surface area contributed by atoms with Crippen molar-refractivity contribution in [3.63, 3.8) is 0 Å². The molecule has 0 atom stereocenters. The van der Waals surface area contributed by atoms with Crippen molar-refractivity contribution in [2.45, 2.75) is 44.8 Å². The van der Waals surface area contributed by atoms with Crippen LogP contribution in [0.1, 0.15) is 57.8 Å². The Kier molecular flexibility index (Phi) is 4.81. The summed E-state index contributed by atoms with van der Waals surface area (Å²) in [6.45, 7) is 0.628. The maximum Gasteiger partial charge on any atom is 0.271 e. The number of rotatable bonds is 5. The molecule has 1 fully saturated rings. The van der Waals surface area contributed by atoms with Crippen LogP contribution in [-0.2, 0) is 13.1 Å². The van der Waals surface area contributed by atoms with E-state index >= 15 is 0 Å². The average Bonchev–Trinajstić information content (AvgIpc) is 3.34. The third-order valence-electron chi connectivity index (χ3n) is 5.26. The molecule has 0 radical (unpaired) electrons. The highest BCUT2D eigenvalue weighted by atomic mass is 16.5. The van der Waals surface area contributed by atoms with E-state index in [0.29, 0.717) is 29.2 Å². The molecule has 2 aliphatic rings. The predicted octanol–water partition coefficient (Wildman–Crippen LogP) is 1.00. The molecule has 0 unspecified atom stereocenters. The van der Waals surface area contributed by atoms with Crippen molar-refractivity contribution >= 4 is 11.8 Å². The van der Waals surface area contributed by atoms with E-state index in [1.165, 1.54) is 19.2 Å². The molecular weight excluding hydrogens is 362 g/mol. The number of fused-ring (bicyclic) bond motifs is 1. The van der Waals surface area contributed by atoms with E-state index in [-0.39, 0.29) is 29.7 Å². The van der Waals surface area contributed by atoms with Crippen LogP contribution in [-0.4, -0.2) is 45.0 Å². The Balaban J connectivity index is 1.52. The lowest BCUT2D eigenvalue weighted by molar-refractivity contribution is 0.0706. The maximum atomic E-state index is 12.8. The Labute approximate surface area is 161 Å². The van der Waals surface area contributed by atoms with Gasteiger partial charge in [-0.05, 0) is 25.0 Å². The number of nitrogens with one attached hydrogen (secondary N) is 2. The van der Waals surface area contributed by atoms with Crippen LogP contribution in [0.3, 0.4) is 0 Å². The van der Waals surface area contributed by atoms with E-state index in [9.17, 15) is 14.4 Å². The Morgan fingerprint density at radius 3 is 2.79 bits per heavy atom.